The van der Waals surface area contributed by atoms with Crippen molar-refractivity contribution in [2.75, 3.05) is 0 Å². The minimum Gasteiger partial charge on any atom is -0.346 e. The maximum absolute atomic E-state index is 11.9. The Morgan fingerprint density at radius 2 is 2.00 bits per heavy atom. The van der Waals surface area contributed by atoms with E-state index in [-0.39, 0.29) is 5.91 Å². The number of thiazole rings is 1. The lowest BCUT2D eigenvalue weighted by Crippen LogP contribution is -2.22. The highest BCUT2D eigenvalue weighted by Crippen LogP contribution is 2.20. The molecule has 0 unspecified atom stereocenters. The molecule has 0 atom stereocenters. The van der Waals surface area contributed by atoms with E-state index in [4.69, 9.17) is 0 Å². The Morgan fingerprint density at radius 3 is 2.59 bits per heavy atom. The van der Waals surface area contributed by atoms with Crippen LogP contribution in [0.5, 0.6) is 0 Å². The molecule has 0 radical (unpaired) electrons. The molecule has 2 aromatic rings. The third-order valence-corrected chi connectivity index (χ3v) is 3.59. The number of nitrogens with zero attached hydrogens (tertiary/aromatic N) is 1. The summed E-state index contributed by atoms with van der Waals surface area (Å²) >= 11 is 8.22. The van der Waals surface area contributed by atoms with Gasteiger partial charge in [0.25, 0.3) is 5.91 Å². The normalized spacial score (nSPS) is 10.2. The molecule has 0 saturated carbocycles. The highest BCUT2D eigenvalue weighted by molar-refractivity contribution is 9.11. The van der Waals surface area contributed by atoms with Gasteiger partial charge in [-0.15, -0.1) is 11.3 Å². The molecule has 1 N–H and O–H groups in total. The van der Waals surface area contributed by atoms with Crippen molar-refractivity contribution in [2.24, 2.45) is 0 Å². The number of hydrogen-bond acceptors (Lipinski definition) is 3. The van der Waals surface area contributed by atoms with E-state index >= 15 is 0 Å². The first kappa shape index (κ1) is 12.7. The fourth-order valence-corrected chi connectivity index (χ4v) is 3.13. The summed E-state index contributed by atoms with van der Waals surface area (Å²) in [6.45, 7) is 0.451. The van der Waals surface area contributed by atoms with Crippen LogP contribution >= 0.6 is 43.2 Å². The zero-order valence-corrected chi connectivity index (χ0v) is 12.6. The van der Waals surface area contributed by atoms with Crippen LogP contribution in [0.1, 0.15) is 16.1 Å². The van der Waals surface area contributed by atoms with Crippen LogP contribution in [0.3, 0.4) is 0 Å². The van der Waals surface area contributed by atoms with Crippen LogP contribution in [0.2, 0.25) is 0 Å². The summed E-state index contributed by atoms with van der Waals surface area (Å²) < 4.78 is 1.73. The van der Waals surface area contributed by atoms with Crippen LogP contribution < -0.4 is 5.32 Å². The summed E-state index contributed by atoms with van der Waals surface area (Å²) in [5, 5.41) is 4.73. The molecule has 0 fully saturated rings. The maximum Gasteiger partial charge on any atom is 0.251 e. The Morgan fingerprint density at radius 1 is 1.29 bits per heavy atom. The quantitative estimate of drug-likeness (QED) is 0.890. The van der Waals surface area contributed by atoms with Gasteiger partial charge in [-0.3, -0.25) is 4.79 Å². The van der Waals surface area contributed by atoms with E-state index in [2.05, 4.69) is 42.2 Å². The predicted octanol–water partition coefficient (Wildman–Crippen LogP) is 3.60. The maximum atomic E-state index is 11.9. The molecule has 1 aromatic carbocycles. The Bertz CT molecular complexity index is 508. The molecule has 17 heavy (non-hydrogen) atoms. The molecule has 1 aromatic heterocycles. The van der Waals surface area contributed by atoms with Crippen molar-refractivity contribution in [1.29, 1.82) is 0 Å². The van der Waals surface area contributed by atoms with Crippen molar-refractivity contribution in [3.8, 4) is 0 Å². The fraction of sp³-hybridized carbons (Fsp3) is 0.0909. The third-order valence-electron chi connectivity index (χ3n) is 2.04. The Labute approximate surface area is 120 Å². The van der Waals surface area contributed by atoms with Crippen LogP contribution in [0.4, 0.5) is 0 Å². The molecule has 2 rings (SSSR count). The van der Waals surface area contributed by atoms with Gasteiger partial charge in [0.15, 0.2) is 0 Å². The van der Waals surface area contributed by atoms with Crippen LogP contribution in [0.15, 0.2) is 38.0 Å². The summed E-state index contributed by atoms with van der Waals surface area (Å²) in [6.07, 6.45) is 0. The highest BCUT2D eigenvalue weighted by Gasteiger charge is 2.07. The molecule has 0 spiro atoms. The molecule has 0 aliphatic rings. The van der Waals surface area contributed by atoms with Crippen LogP contribution in [-0.4, -0.2) is 10.9 Å². The summed E-state index contributed by atoms with van der Waals surface area (Å²) in [5.74, 6) is -0.111. The minimum absolute atomic E-state index is 0.111. The van der Waals surface area contributed by atoms with Gasteiger partial charge in [0.1, 0.15) is 0 Å². The lowest BCUT2D eigenvalue weighted by atomic mass is 10.2. The number of halogens is 2. The molecule has 6 heteroatoms. The van der Waals surface area contributed by atoms with Gasteiger partial charge in [0.05, 0.1) is 17.7 Å². The van der Waals surface area contributed by atoms with Crippen LogP contribution in [-0.2, 0) is 6.54 Å². The average Bonchev–Trinajstić information content (AvgIpc) is 2.77. The van der Waals surface area contributed by atoms with Crippen molar-refractivity contribution >= 4 is 49.1 Å². The summed E-state index contributed by atoms with van der Waals surface area (Å²) in [6, 6.07) is 5.44. The SMILES string of the molecule is O=C(NCc1cscn1)c1cc(Br)cc(Br)c1. The molecule has 3 nitrogen and oxygen atoms in total. The molecule has 1 amide bonds. The minimum atomic E-state index is -0.111. The van der Waals surface area contributed by atoms with Crippen molar-refractivity contribution in [1.82, 2.24) is 10.3 Å². The zero-order chi connectivity index (χ0) is 12.3. The van der Waals surface area contributed by atoms with Gasteiger partial charge in [-0.05, 0) is 18.2 Å². The van der Waals surface area contributed by atoms with Crippen molar-refractivity contribution in [3.63, 3.8) is 0 Å². The lowest BCUT2D eigenvalue weighted by molar-refractivity contribution is 0.0950. The zero-order valence-electron chi connectivity index (χ0n) is 8.61. The number of carbonyl (C=O) groups excluding carboxylic acids is 1. The molecule has 0 saturated heterocycles. The average molecular weight is 376 g/mol. The smallest absolute Gasteiger partial charge is 0.251 e. The van der Waals surface area contributed by atoms with E-state index in [1.165, 1.54) is 11.3 Å². The molecular formula is C11H8Br2N2OS. The number of aromatic nitrogens is 1. The number of hydrogen-bond donors (Lipinski definition) is 1. The molecule has 0 aliphatic heterocycles. The first-order valence-corrected chi connectivity index (χ1v) is 7.29. The molecule has 0 aliphatic carbocycles. The van der Waals surface area contributed by atoms with Gasteiger partial charge in [-0.25, -0.2) is 4.98 Å². The van der Waals surface area contributed by atoms with Gasteiger partial charge >= 0.3 is 0 Å². The Balaban J connectivity index is 2.04. The van der Waals surface area contributed by atoms with E-state index in [1.54, 1.807) is 17.6 Å². The van der Waals surface area contributed by atoms with Crippen LogP contribution in [0, 0.1) is 0 Å². The van der Waals surface area contributed by atoms with E-state index in [9.17, 15) is 4.79 Å². The molecular weight excluding hydrogens is 368 g/mol. The summed E-state index contributed by atoms with van der Waals surface area (Å²) in [7, 11) is 0. The van der Waals surface area contributed by atoms with E-state index < -0.39 is 0 Å². The lowest BCUT2D eigenvalue weighted by Gasteiger charge is -2.04. The number of rotatable bonds is 3. The summed E-state index contributed by atoms with van der Waals surface area (Å²) in [5.41, 5.74) is 3.23. The van der Waals surface area contributed by atoms with Crippen molar-refractivity contribution in [3.05, 3.63) is 49.3 Å². The second kappa shape index (κ2) is 5.75. The summed E-state index contributed by atoms with van der Waals surface area (Å²) in [4.78, 5) is 16.0. The van der Waals surface area contributed by atoms with E-state index in [0.29, 0.717) is 12.1 Å². The first-order chi connectivity index (χ1) is 8.15. The van der Waals surface area contributed by atoms with Crippen molar-refractivity contribution in [2.45, 2.75) is 6.54 Å². The van der Waals surface area contributed by atoms with Gasteiger partial charge in [-0.1, -0.05) is 31.9 Å². The highest BCUT2D eigenvalue weighted by atomic mass is 79.9. The second-order valence-electron chi connectivity index (χ2n) is 3.32. The number of amides is 1. The number of benzene rings is 1. The number of carbonyl (C=O) groups is 1. The predicted molar refractivity (Wildman–Crippen MR) is 75.1 cm³/mol. The van der Waals surface area contributed by atoms with E-state index in [0.717, 1.165) is 14.6 Å². The van der Waals surface area contributed by atoms with Gasteiger partial charge in [0, 0.05) is 19.9 Å². The van der Waals surface area contributed by atoms with Gasteiger partial charge < -0.3 is 5.32 Å². The molecule has 1 heterocycles. The Kier molecular flexibility index (Phi) is 4.31. The van der Waals surface area contributed by atoms with Gasteiger partial charge in [-0.2, -0.15) is 0 Å². The van der Waals surface area contributed by atoms with Gasteiger partial charge in [0.2, 0.25) is 0 Å². The fourth-order valence-electron chi connectivity index (χ4n) is 1.28. The standard InChI is InChI=1S/C11H8Br2N2OS/c12-8-1-7(2-9(13)3-8)11(16)14-4-10-5-17-6-15-10/h1-3,5-6H,4H2,(H,14,16). The Hall–Kier alpha value is -0.720. The molecule has 0 bridgehead atoms. The second-order valence-corrected chi connectivity index (χ2v) is 5.87. The van der Waals surface area contributed by atoms with Crippen LogP contribution in [0.25, 0.3) is 0 Å². The first-order valence-electron chi connectivity index (χ1n) is 4.76. The monoisotopic (exact) mass is 374 g/mol. The van der Waals surface area contributed by atoms with E-state index in [1.807, 2.05) is 11.4 Å². The largest absolute Gasteiger partial charge is 0.346 e. The topological polar surface area (TPSA) is 42.0 Å². The van der Waals surface area contributed by atoms with Crippen molar-refractivity contribution < 1.29 is 4.79 Å². The third kappa shape index (κ3) is 3.62. The molecule has 88 valence electrons. The number of nitrogens with one attached hydrogen (secondary N) is 1.